The first kappa shape index (κ1) is 13.8. The first-order chi connectivity index (χ1) is 7.49. The van der Waals surface area contributed by atoms with E-state index >= 15 is 0 Å². The van der Waals surface area contributed by atoms with Gasteiger partial charge in [-0.2, -0.15) is 0 Å². The second-order valence-corrected chi connectivity index (χ2v) is 6.44. The smallest absolute Gasteiger partial charge is 0.252 e. The molecule has 1 heterocycles. The van der Waals surface area contributed by atoms with E-state index in [-0.39, 0.29) is 21.9 Å². The van der Waals surface area contributed by atoms with E-state index in [1.54, 1.807) is 0 Å². The highest BCUT2D eigenvalue weighted by Crippen LogP contribution is 2.22. The van der Waals surface area contributed by atoms with E-state index in [0.717, 1.165) is 17.5 Å². The number of ether oxygens (including phenoxy) is 1. The van der Waals surface area contributed by atoms with E-state index in [2.05, 4.69) is 9.71 Å². The van der Waals surface area contributed by atoms with E-state index < -0.39 is 16.1 Å². The molecule has 1 aromatic rings. The number of nitrogens with one attached hydrogen (secondary N) is 1. The summed E-state index contributed by atoms with van der Waals surface area (Å²) in [4.78, 5) is 3.63. The van der Waals surface area contributed by atoms with Gasteiger partial charge in [-0.3, -0.25) is 0 Å². The minimum Gasteiger partial charge on any atom is -0.395 e. The van der Waals surface area contributed by atoms with Crippen LogP contribution in [-0.4, -0.2) is 44.9 Å². The molecule has 0 fully saturated rings. The largest absolute Gasteiger partial charge is 0.395 e. The summed E-state index contributed by atoms with van der Waals surface area (Å²) in [6, 6.07) is -0.684. The van der Waals surface area contributed by atoms with Crippen molar-refractivity contribution in [1.82, 2.24) is 9.71 Å². The van der Waals surface area contributed by atoms with Crippen LogP contribution >= 0.6 is 22.9 Å². The Hall–Kier alpha value is -0.250. The topological polar surface area (TPSA) is 88.5 Å². The fourth-order valence-electron chi connectivity index (χ4n) is 0.966. The molecule has 0 radical (unpaired) electrons. The van der Waals surface area contributed by atoms with Gasteiger partial charge in [0.1, 0.15) is 0 Å². The second kappa shape index (κ2) is 5.89. The average Bonchev–Trinajstić information content (AvgIpc) is 2.64. The number of hydrogen-bond donors (Lipinski definition) is 2. The van der Waals surface area contributed by atoms with Gasteiger partial charge in [-0.1, -0.05) is 22.9 Å². The van der Waals surface area contributed by atoms with Crippen molar-refractivity contribution in [2.45, 2.75) is 10.3 Å². The van der Waals surface area contributed by atoms with Crippen LogP contribution in [0, 0.1) is 0 Å². The third kappa shape index (κ3) is 3.65. The first-order valence-electron chi connectivity index (χ1n) is 4.23. The molecule has 0 spiro atoms. The van der Waals surface area contributed by atoms with Gasteiger partial charge in [0.2, 0.25) is 0 Å². The lowest BCUT2D eigenvalue weighted by Crippen LogP contribution is -2.40. The first-order valence-corrected chi connectivity index (χ1v) is 6.91. The molecule has 0 bridgehead atoms. The average molecular weight is 287 g/mol. The standard InChI is InChI=1S/C7H11ClN2O4S2/c1-14-4-5(3-11)10-16(12,13)6-2-9-7(8)15-6/h2,5,10-11H,3-4H2,1H3. The summed E-state index contributed by atoms with van der Waals surface area (Å²) >= 11 is 6.39. The van der Waals surface area contributed by atoms with Gasteiger partial charge >= 0.3 is 0 Å². The third-order valence-electron chi connectivity index (χ3n) is 1.63. The van der Waals surface area contributed by atoms with E-state index in [9.17, 15) is 8.42 Å². The lowest BCUT2D eigenvalue weighted by molar-refractivity contribution is 0.139. The number of rotatable bonds is 6. The molecule has 1 atom stereocenters. The Morgan fingerprint density at radius 3 is 2.88 bits per heavy atom. The molecular formula is C7H11ClN2O4S2. The third-order valence-corrected chi connectivity index (χ3v) is 4.73. The maximum atomic E-state index is 11.7. The predicted molar refractivity (Wildman–Crippen MR) is 60.2 cm³/mol. The van der Waals surface area contributed by atoms with Crippen LogP contribution < -0.4 is 4.72 Å². The molecule has 16 heavy (non-hydrogen) atoms. The molecule has 0 aliphatic carbocycles. The number of hydrogen-bond acceptors (Lipinski definition) is 6. The molecule has 6 nitrogen and oxygen atoms in total. The Kier molecular flexibility index (Phi) is 5.09. The molecule has 0 aliphatic rings. The number of sulfonamides is 1. The predicted octanol–water partition coefficient (Wildman–Crippen LogP) is 0.0821. The van der Waals surface area contributed by atoms with Crippen LogP contribution in [0.25, 0.3) is 0 Å². The van der Waals surface area contributed by atoms with Gasteiger partial charge < -0.3 is 9.84 Å². The number of halogens is 1. The highest BCUT2D eigenvalue weighted by molar-refractivity contribution is 7.91. The van der Waals surface area contributed by atoms with Gasteiger partial charge in [-0.25, -0.2) is 18.1 Å². The molecule has 92 valence electrons. The van der Waals surface area contributed by atoms with Crippen LogP contribution in [0.4, 0.5) is 0 Å². The lowest BCUT2D eigenvalue weighted by Gasteiger charge is -2.14. The number of methoxy groups -OCH3 is 1. The summed E-state index contributed by atoms with van der Waals surface area (Å²) < 4.78 is 30.6. The summed E-state index contributed by atoms with van der Waals surface area (Å²) in [5, 5.41) is 8.93. The van der Waals surface area contributed by atoms with Crippen LogP contribution in [0.15, 0.2) is 10.4 Å². The van der Waals surface area contributed by atoms with Crippen LogP contribution in [-0.2, 0) is 14.8 Å². The zero-order valence-electron chi connectivity index (χ0n) is 8.38. The molecule has 1 aromatic heterocycles. The van der Waals surface area contributed by atoms with Crippen molar-refractivity contribution in [3.8, 4) is 0 Å². The summed E-state index contributed by atoms with van der Waals surface area (Å²) in [7, 11) is -2.27. The van der Waals surface area contributed by atoms with Gasteiger partial charge in [-0.05, 0) is 0 Å². The molecule has 0 saturated carbocycles. The summed E-state index contributed by atoms with van der Waals surface area (Å²) in [6.45, 7) is -0.262. The highest BCUT2D eigenvalue weighted by Gasteiger charge is 2.21. The fourth-order valence-corrected chi connectivity index (χ4v) is 3.49. The van der Waals surface area contributed by atoms with Crippen molar-refractivity contribution in [1.29, 1.82) is 0 Å². The summed E-state index contributed by atoms with van der Waals surface area (Å²) in [5.41, 5.74) is 0. The van der Waals surface area contributed by atoms with Crippen molar-refractivity contribution in [3.63, 3.8) is 0 Å². The SMILES string of the molecule is COCC(CO)NS(=O)(=O)c1cnc(Cl)s1. The molecule has 9 heteroatoms. The molecule has 1 rings (SSSR count). The van der Waals surface area contributed by atoms with Crippen molar-refractivity contribution in [3.05, 3.63) is 10.7 Å². The molecule has 0 aromatic carbocycles. The Balaban J connectivity index is 2.78. The van der Waals surface area contributed by atoms with Crippen LogP contribution in [0.5, 0.6) is 0 Å². The lowest BCUT2D eigenvalue weighted by atomic mass is 10.4. The molecule has 2 N–H and O–H groups in total. The van der Waals surface area contributed by atoms with Crippen molar-refractivity contribution < 1.29 is 18.3 Å². The minimum absolute atomic E-state index is 0.00653. The quantitative estimate of drug-likeness (QED) is 0.773. The number of aliphatic hydroxyl groups is 1. The van der Waals surface area contributed by atoms with E-state index in [1.807, 2.05) is 0 Å². The van der Waals surface area contributed by atoms with E-state index in [1.165, 1.54) is 7.11 Å². The number of aliphatic hydroxyl groups excluding tert-OH is 1. The zero-order valence-corrected chi connectivity index (χ0v) is 10.8. The molecular weight excluding hydrogens is 276 g/mol. The summed E-state index contributed by atoms with van der Waals surface area (Å²) in [6.07, 6.45) is 1.16. The fraction of sp³-hybridized carbons (Fsp3) is 0.571. The number of thiazole rings is 1. The van der Waals surface area contributed by atoms with Crippen LogP contribution in [0.2, 0.25) is 4.47 Å². The Morgan fingerprint density at radius 1 is 1.75 bits per heavy atom. The van der Waals surface area contributed by atoms with E-state index in [4.69, 9.17) is 21.4 Å². The van der Waals surface area contributed by atoms with Crippen molar-refractivity contribution >= 4 is 33.0 Å². The van der Waals surface area contributed by atoms with Gasteiger partial charge in [0.05, 0.1) is 25.5 Å². The Bertz CT molecular complexity index is 433. The molecule has 0 saturated heterocycles. The van der Waals surface area contributed by atoms with Gasteiger partial charge in [0.25, 0.3) is 10.0 Å². The van der Waals surface area contributed by atoms with Crippen molar-refractivity contribution in [2.24, 2.45) is 0 Å². The summed E-state index contributed by atoms with van der Waals surface area (Å²) in [5.74, 6) is 0. The number of nitrogens with zero attached hydrogens (tertiary/aromatic N) is 1. The van der Waals surface area contributed by atoms with Crippen molar-refractivity contribution in [2.75, 3.05) is 20.3 Å². The number of aromatic nitrogens is 1. The zero-order chi connectivity index (χ0) is 12.2. The maximum Gasteiger partial charge on any atom is 0.252 e. The maximum absolute atomic E-state index is 11.7. The Labute approximate surface area is 102 Å². The van der Waals surface area contributed by atoms with Crippen LogP contribution in [0.1, 0.15) is 0 Å². The second-order valence-electron chi connectivity index (χ2n) is 2.89. The van der Waals surface area contributed by atoms with E-state index in [0.29, 0.717) is 0 Å². The monoisotopic (exact) mass is 286 g/mol. The Morgan fingerprint density at radius 2 is 2.44 bits per heavy atom. The molecule has 0 aliphatic heterocycles. The highest BCUT2D eigenvalue weighted by atomic mass is 35.5. The molecule has 1 unspecified atom stereocenters. The molecule has 0 amide bonds. The van der Waals surface area contributed by atoms with Gasteiger partial charge in [-0.15, -0.1) is 0 Å². The van der Waals surface area contributed by atoms with Gasteiger partial charge in [0, 0.05) is 7.11 Å². The van der Waals surface area contributed by atoms with Gasteiger partial charge in [0.15, 0.2) is 8.68 Å². The minimum atomic E-state index is -3.69. The van der Waals surface area contributed by atoms with Crippen LogP contribution in [0.3, 0.4) is 0 Å². The normalized spacial score (nSPS) is 13.9.